The molecule has 8 unspecified atom stereocenters. The molecule has 5 aliphatic rings. The van der Waals surface area contributed by atoms with Crippen LogP contribution >= 0.6 is 0 Å². The highest BCUT2D eigenvalue weighted by Gasteiger charge is 2.75. The topological polar surface area (TPSA) is 72.8 Å². The van der Waals surface area contributed by atoms with E-state index in [4.69, 9.17) is 9.47 Å². The summed E-state index contributed by atoms with van der Waals surface area (Å²) in [6, 6.07) is 0. The maximum Gasteiger partial charge on any atom is 0.178 e. The normalized spacial score (nSPS) is 40.8. The van der Waals surface area contributed by atoms with Crippen molar-refractivity contribution in [3.63, 3.8) is 0 Å². The Morgan fingerprint density at radius 2 is 1.73 bits per heavy atom. The molecule has 5 rings (SSSR count). The molecule has 0 amide bonds. The molecule has 0 radical (unpaired) electrons. The lowest BCUT2D eigenvalue weighted by Gasteiger charge is -2.59. The monoisotopic (exact) mass is 558 g/mol. The van der Waals surface area contributed by atoms with Gasteiger partial charge in [0.1, 0.15) is 0 Å². The van der Waals surface area contributed by atoms with Gasteiger partial charge < -0.3 is 14.6 Å². The minimum absolute atomic E-state index is 0.0488. The fourth-order valence-electron chi connectivity index (χ4n) is 8.94. The fourth-order valence-corrected chi connectivity index (χ4v) is 8.94. The maximum atomic E-state index is 13.5. The van der Waals surface area contributed by atoms with E-state index in [1.807, 2.05) is 26.8 Å². The van der Waals surface area contributed by atoms with Crippen LogP contribution in [0.15, 0.2) is 23.8 Å². The summed E-state index contributed by atoms with van der Waals surface area (Å²) < 4.78 is 12.9. The summed E-state index contributed by atoms with van der Waals surface area (Å²) in [5, 5.41) is 11.6. The van der Waals surface area contributed by atoms with E-state index >= 15 is 0 Å². The van der Waals surface area contributed by atoms with Gasteiger partial charge in [-0.05, 0) is 56.1 Å². The first-order valence-electron chi connectivity index (χ1n) is 16.6. The largest absolute Gasteiger partial charge is 0.393 e. The Kier molecular flexibility index (Phi) is 11.4. The van der Waals surface area contributed by atoms with Gasteiger partial charge in [0.15, 0.2) is 23.5 Å². The second-order valence-corrected chi connectivity index (χ2v) is 13.0. The van der Waals surface area contributed by atoms with E-state index < -0.39 is 17.1 Å². The van der Waals surface area contributed by atoms with Crippen molar-refractivity contribution in [2.24, 2.45) is 28.6 Å². The van der Waals surface area contributed by atoms with Gasteiger partial charge in [0.05, 0.1) is 12.2 Å². The lowest BCUT2D eigenvalue weighted by Crippen LogP contribution is -2.63. The molecule has 5 heteroatoms. The van der Waals surface area contributed by atoms with Crippen molar-refractivity contribution < 1.29 is 24.2 Å². The molecule has 0 aromatic carbocycles. The van der Waals surface area contributed by atoms with E-state index in [2.05, 4.69) is 34.6 Å². The third-order valence-electron chi connectivity index (χ3n) is 10.8. The number of hydrogen-bond donors (Lipinski definition) is 1. The highest BCUT2D eigenvalue weighted by Crippen LogP contribution is 2.69. The van der Waals surface area contributed by atoms with Gasteiger partial charge in [0, 0.05) is 23.2 Å². The molecule has 228 valence electrons. The predicted octanol–water partition coefficient (Wildman–Crippen LogP) is 8.14. The van der Waals surface area contributed by atoms with E-state index in [1.165, 1.54) is 32.1 Å². The number of ketones is 2. The second kappa shape index (κ2) is 13.8. The van der Waals surface area contributed by atoms with E-state index in [0.717, 1.165) is 37.7 Å². The van der Waals surface area contributed by atoms with Gasteiger partial charge in [-0.15, -0.1) is 0 Å². The highest BCUT2D eigenvalue weighted by atomic mass is 16.7. The van der Waals surface area contributed by atoms with E-state index in [9.17, 15) is 14.7 Å². The van der Waals surface area contributed by atoms with Gasteiger partial charge in [-0.1, -0.05) is 106 Å². The van der Waals surface area contributed by atoms with Crippen molar-refractivity contribution in [3.8, 4) is 0 Å². The summed E-state index contributed by atoms with van der Waals surface area (Å²) in [6.07, 6.45) is 16.7. The van der Waals surface area contributed by atoms with Crippen LogP contribution in [0.25, 0.3) is 0 Å². The molecule has 1 heterocycles. The Morgan fingerprint density at radius 1 is 1.05 bits per heavy atom. The average Bonchev–Trinajstić information content (AvgIpc) is 3.42. The summed E-state index contributed by atoms with van der Waals surface area (Å²) in [5.41, 5.74) is -0.548. The molecule has 0 aromatic heterocycles. The highest BCUT2D eigenvalue weighted by molar-refractivity contribution is 6.01. The molecule has 0 spiro atoms. The van der Waals surface area contributed by atoms with Crippen molar-refractivity contribution in [2.45, 2.75) is 157 Å². The van der Waals surface area contributed by atoms with E-state index in [0.29, 0.717) is 12.8 Å². The number of fused-ring (bicyclic) bond motifs is 7. The number of unbranched alkanes of at least 4 members (excludes halogenated alkanes) is 4. The molecule has 4 aliphatic carbocycles. The Bertz CT molecular complexity index is 934. The number of Topliss-reactive ketones (excluding diaryl/α,β-unsaturated/α-hetero) is 1. The van der Waals surface area contributed by atoms with Gasteiger partial charge in [-0.3, -0.25) is 9.59 Å². The van der Waals surface area contributed by atoms with Crippen LogP contribution < -0.4 is 0 Å². The molecule has 40 heavy (non-hydrogen) atoms. The predicted molar refractivity (Wildman–Crippen MR) is 162 cm³/mol. The lowest BCUT2D eigenvalue weighted by atomic mass is 9.46. The molecule has 9 atom stereocenters. The number of allylic oxidation sites excluding steroid dienone is 4. The number of rotatable bonds is 8. The average molecular weight is 559 g/mol. The lowest BCUT2D eigenvalue weighted by molar-refractivity contribution is -0.199. The van der Waals surface area contributed by atoms with Crippen molar-refractivity contribution in [1.29, 1.82) is 0 Å². The summed E-state index contributed by atoms with van der Waals surface area (Å²) >= 11 is 0. The van der Waals surface area contributed by atoms with Crippen LogP contribution in [0, 0.1) is 28.6 Å². The first-order valence-corrected chi connectivity index (χ1v) is 16.6. The first kappa shape index (κ1) is 33.2. The number of carbonyl (C=O) groups is 2. The quantitative estimate of drug-likeness (QED) is 0.304. The van der Waals surface area contributed by atoms with Crippen LogP contribution in [-0.4, -0.2) is 40.8 Å². The molecule has 1 aliphatic heterocycles. The second-order valence-electron chi connectivity index (χ2n) is 13.0. The standard InChI is InChI=1S/C26H36O5.C7H16.C2H6/c1-5-7-22-30-21-13-18-17-9-8-15-12-16(27)10-11-24(15,3)23(17)19(28)14-25(18,4)26(21,31-22)20(29)6-2;1-3-5-7-6-4-2;1-2/h10-12,17-19,21-23,28H,5-9,13-14H2,1-4H3;3-7H2,1-2H3;1-2H3/t17?,18?,19?,21?,22?,23?,24-,25?,26?;;/m1../s1. The molecular formula is C35H58O5. The van der Waals surface area contributed by atoms with Gasteiger partial charge in [-0.2, -0.15) is 0 Å². The molecule has 4 fully saturated rings. The Balaban J connectivity index is 0.000000430. The van der Waals surface area contributed by atoms with Gasteiger partial charge in [0.2, 0.25) is 0 Å². The van der Waals surface area contributed by atoms with Crippen LogP contribution in [0.5, 0.6) is 0 Å². The van der Waals surface area contributed by atoms with Crippen molar-refractivity contribution >= 4 is 11.6 Å². The zero-order valence-corrected chi connectivity index (χ0v) is 26.8. The number of ether oxygens (including phenoxy) is 2. The smallest absolute Gasteiger partial charge is 0.178 e. The van der Waals surface area contributed by atoms with Gasteiger partial charge in [-0.25, -0.2) is 0 Å². The molecule has 3 saturated carbocycles. The fraction of sp³-hybridized carbons (Fsp3) is 0.829. The van der Waals surface area contributed by atoms with Crippen molar-refractivity contribution in [3.05, 3.63) is 23.8 Å². The van der Waals surface area contributed by atoms with Gasteiger partial charge >= 0.3 is 0 Å². The number of carbonyl (C=O) groups excluding carboxylic acids is 2. The summed E-state index contributed by atoms with van der Waals surface area (Å²) in [6.45, 7) is 16.9. The van der Waals surface area contributed by atoms with Crippen LogP contribution in [0.4, 0.5) is 0 Å². The van der Waals surface area contributed by atoms with Crippen LogP contribution in [0.2, 0.25) is 0 Å². The van der Waals surface area contributed by atoms with Crippen molar-refractivity contribution in [2.75, 3.05) is 0 Å². The molecule has 5 nitrogen and oxygen atoms in total. The number of hydrogen-bond acceptors (Lipinski definition) is 5. The Hall–Kier alpha value is -1.30. The third-order valence-corrected chi connectivity index (χ3v) is 10.8. The number of aliphatic hydroxyl groups excluding tert-OH is 1. The molecule has 0 bridgehead atoms. The maximum absolute atomic E-state index is 13.5. The molecular weight excluding hydrogens is 500 g/mol. The zero-order valence-electron chi connectivity index (χ0n) is 26.8. The number of aliphatic hydroxyl groups is 1. The van der Waals surface area contributed by atoms with Crippen LogP contribution in [-0.2, 0) is 19.1 Å². The molecule has 1 N–H and O–H groups in total. The molecule has 1 saturated heterocycles. The zero-order chi connectivity index (χ0) is 29.7. The summed E-state index contributed by atoms with van der Waals surface area (Å²) in [4.78, 5) is 25.5. The van der Waals surface area contributed by atoms with E-state index in [-0.39, 0.29) is 47.1 Å². The minimum atomic E-state index is -0.951. The Labute approximate surface area is 244 Å². The van der Waals surface area contributed by atoms with E-state index in [1.54, 1.807) is 12.2 Å². The summed E-state index contributed by atoms with van der Waals surface area (Å²) in [7, 11) is 0. The third kappa shape index (κ3) is 5.56. The Morgan fingerprint density at radius 3 is 2.33 bits per heavy atom. The van der Waals surface area contributed by atoms with Crippen molar-refractivity contribution in [1.82, 2.24) is 0 Å². The van der Waals surface area contributed by atoms with Gasteiger partial charge in [0.25, 0.3) is 0 Å². The minimum Gasteiger partial charge on any atom is -0.393 e. The first-order chi connectivity index (χ1) is 19.1. The van der Waals surface area contributed by atoms with Crippen LogP contribution in [0.3, 0.4) is 0 Å². The van der Waals surface area contributed by atoms with Crippen LogP contribution in [0.1, 0.15) is 132 Å². The SMILES string of the molecule is CC.CCCC1OC2CC3C4CCC5=CC(=O)C=C[C@@]5(C)C4C(O)CC3(C)C2(C(=O)CC)O1.CCCCCCC. The summed E-state index contributed by atoms with van der Waals surface area (Å²) in [5.74, 6) is 0.755. The molecule has 0 aromatic rings.